The number of rotatable bonds is 6. The van der Waals surface area contributed by atoms with Gasteiger partial charge >= 0.3 is 0 Å². The lowest BCUT2D eigenvalue weighted by molar-refractivity contribution is -0.132. The minimum absolute atomic E-state index is 0. The van der Waals surface area contributed by atoms with E-state index in [2.05, 4.69) is 20.1 Å². The second-order valence-electron chi connectivity index (χ2n) is 8.32. The molecular formula is C23H37FIN5O2. The number of likely N-dealkylation sites (tertiary alicyclic amines) is 1. The summed E-state index contributed by atoms with van der Waals surface area (Å²) in [5.41, 5.74) is 1.54. The van der Waals surface area contributed by atoms with Crippen LogP contribution in [0.1, 0.15) is 36.8 Å². The molecule has 0 aromatic heterocycles. The number of amides is 1. The van der Waals surface area contributed by atoms with Crippen LogP contribution in [0.5, 0.6) is 0 Å². The summed E-state index contributed by atoms with van der Waals surface area (Å²) in [5.74, 6) is 0.845. The number of hydrogen-bond donors (Lipinski definition) is 1. The van der Waals surface area contributed by atoms with Gasteiger partial charge in [0.15, 0.2) is 5.96 Å². The van der Waals surface area contributed by atoms with Gasteiger partial charge in [-0.1, -0.05) is 18.9 Å². The van der Waals surface area contributed by atoms with Crippen LogP contribution >= 0.6 is 24.0 Å². The standard InChI is InChI=1S/C23H36FN5O2.HI/c1-25-23(26-16-19-7-8-21(24)20(15-19)18-31-2)29-13-11-27(12-14-29)17-22(30)28-9-5-3-4-6-10-28;/h7-8,15H,3-6,9-14,16-18H2,1-2H3,(H,25,26);1H. The molecule has 0 spiro atoms. The second kappa shape index (κ2) is 13.9. The first-order valence-corrected chi connectivity index (χ1v) is 11.3. The van der Waals surface area contributed by atoms with Gasteiger partial charge in [-0.15, -0.1) is 24.0 Å². The van der Waals surface area contributed by atoms with Crippen molar-refractivity contribution in [3.05, 3.63) is 35.1 Å². The summed E-state index contributed by atoms with van der Waals surface area (Å²) in [5, 5.41) is 3.38. The number of nitrogens with one attached hydrogen (secondary N) is 1. The van der Waals surface area contributed by atoms with Crippen LogP contribution in [0.25, 0.3) is 0 Å². The van der Waals surface area contributed by atoms with E-state index in [0.717, 1.165) is 63.6 Å². The van der Waals surface area contributed by atoms with E-state index in [1.54, 1.807) is 20.2 Å². The number of hydrogen-bond acceptors (Lipinski definition) is 4. The maximum Gasteiger partial charge on any atom is 0.236 e. The Morgan fingerprint density at radius 1 is 1.06 bits per heavy atom. The molecule has 3 rings (SSSR count). The zero-order valence-electron chi connectivity index (χ0n) is 19.3. The summed E-state index contributed by atoms with van der Waals surface area (Å²) >= 11 is 0. The van der Waals surface area contributed by atoms with Gasteiger partial charge in [0.2, 0.25) is 5.91 Å². The molecule has 1 amide bonds. The Labute approximate surface area is 208 Å². The van der Waals surface area contributed by atoms with Gasteiger partial charge in [0.25, 0.3) is 0 Å². The molecule has 180 valence electrons. The smallest absolute Gasteiger partial charge is 0.236 e. The number of halogens is 2. The summed E-state index contributed by atoms with van der Waals surface area (Å²) in [4.78, 5) is 23.6. The van der Waals surface area contributed by atoms with Crippen molar-refractivity contribution in [1.29, 1.82) is 0 Å². The molecule has 1 N–H and O–H groups in total. The van der Waals surface area contributed by atoms with Crippen molar-refractivity contribution < 1.29 is 13.9 Å². The lowest BCUT2D eigenvalue weighted by Gasteiger charge is -2.37. The lowest BCUT2D eigenvalue weighted by atomic mass is 10.1. The third kappa shape index (κ3) is 7.84. The Bertz CT molecular complexity index is 748. The molecule has 9 heteroatoms. The monoisotopic (exact) mass is 561 g/mol. The van der Waals surface area contributed by atoms with Gasteiger partial charge in [-0.2, -0.15) is 0 Å². The average molecular weight is 561 g/mol. The number of methoxy groups -OCH3 is 1. The van der Waals surface area contributed by atoms with Crippen molar-refractivity contribution >= 4 is 35.8 Å². The van der Waals surface area contributed by atoms with Crippen LogP contribution in [0, 0.1) is 5.82 Å². The SMILES string of the molecule is CN=C(NCc1ccc(F)c(COC)c1)N1CCN(CC(=O)N2CCCCCC2)CC1.I. The van der Waals surface area contributed by atoms with Crippen molar-refractivity contribution in [2.45, 2.75) is 38.8 Å². The number of benzene rings is 1. The third-order valence-electron chi connectivity index (χ3n) is 6.06. The van der Waals surface area contributed by atoms with Crippen LogP contribution in [-0.2, 0) is 22.7 Å². The third-order valence-corrected chi connectivity index (χ3v) is 6.06. The van der Waals surface area contributed by atoms with Crippen LogP contribution in [0.15, 0.2) is 23.2 Å². The fourth-order valence-corrected chi connectivity index (χ4v) is 4.25. The molecule has 2 aliphatic rings. The number of ether oxygens (including phenoxy) is 1. The van der Waals surface area contributed by atoms with Crippen LogP contribution < -0.4 is 5.32 Å². The van der Waals surface area contributed by atoms with Gasteiger partial charge in [-0.25, -0.2) is 4.39 Å². The molecule has 7 nitrogen and oxygen atoms in total. The van der Waals surface area contributed by atoms with Gasteiger partial charge in [-0.3, -0.25) is 14.7 Å². The largest absolute Gasteiger partial charge is 0.380 e. The number of carbonyl (C=O) groups is 1. The fourth-order valence-electron chi connectivity index (χ4n) is 4.25. The first kappa shape index (κ1) is 26.8. The normalized spacial score (nSPS) is 18.2. The Hall–Kier alpha value is -1.46. The summed E-state index contributed by atoms with van der Waals surface area (Å²) in [6.07, 6.45) is 4.73. The molecule has 2 fully saturated rings. The predicted molar refractivity (Wildman–Crippen MR) is 136 cm³/mol. The first-order chi connectivity index (χ1) is 15.1. The maximum atomic E-state index is 13.8. The molecule has 0 atom stereocenters. The van der Waals surface area contributed by atoms with Crippen molar-refractivity contribution in [1.82, 2.24) is 20.0 Å². The number of carbonyl (C=O) groups excluding carboxylic acids is 1. The first-order valence-electron chi connectivity index (χ1n) is 11.3. The van der Waals surface area contributed by atoms with E-state index in [9.17, 15) is 9.18 Å². The predicted octanol–water partition coefficient (Wildman–Crippen LogP) is 2.69. The minimum Gasteiger partial charge on any atom is -0.380 e. The molecule has 0 saturated carbocycles. The van der Waals surface area contributed by atoms with Gasteiger partial charge < -0.3 is 19.9 Å². The minimum atomic E-state index is -0.249. The Morgan fingerprint density at radius 2 is 1.75 bits per heavy atom. The summed E-state index contributed by atoms with van der Waals surface area (Å²) in [6.45, 7) is 6.48. The highest BCUT2D eigenvalue weighted by atomic mass is 127. The highest BCUT2D eigenvalue weighted by Crippen LogP contribution is 2.13. The molecule has 1 aromatic carbocycles. The summed E-state index contributed by atoms with van der Waals surface area (Å²) in [7, 11) is 3.34. The lowest BCUT2D eigenvalue weighted by Crippen LogP contribution is -2.54. The van der Waals surface area contributed by atoms with Crippen LogP contribution in [0.2, 0.25) is 0 Å². The molecule has 0 radical (unpaired) electrons. The Kier molecular flexibility index (Phi) is 11.7. The van der Waals surface area contributed by atoms with Crippen molar-refractivity contribution in [2.24, 2.45) is 4.99 Å². The molecule has 2 saturated heterocycles. The number of aliphatic imine (C=N–C) groups is 1. The quantitative estimate of drug-likeness (QED) is 0.329. The summed E-state index contributed by atoms with van der Waals surface area (Å²) < 4.78 is 18.9. The molecule has 0 unspecified atom stereocenters. The van der Waals surface area contributed by atoms with Crippen LogP contribution in [0.3, 0.4) is 0 Å². The highest BCUT2D eigenvalue weighted by molar-refractivity contribution is 14.0. The van der Waals surface area contributed by atoms with Gasteiger partial charge in [0, 0.05) is 65.5 Å². The number of nitrogens with zero attached hydrogens (tertiary/aromatic N) is 4. The molecular weight excluding hydrogens is 524 g/mol. The Balaban J connectivity index is 0.00000363. The molecule has 0 bridgehead atoms. The van der Waals surface area contributed by atoms with Crippen LogP contribution in [-0.4, -0.2) is 86.5 Å². The van der Waals surface area contributed by atoms with Gasteiger partial charge in [0.05, 0.1) is 13.2 Å². The number of guanidine groups is 1. The van der Waals surface area contributed by atoms with E-state index in [4.69, 9.17) is 4.74 Å². The number of piperazine rings is 1. The van der Waals surface area contributed by atoms with Gasteiger partial charge in [-0.05, 0) is 30.5 Å². The molecule has 0 aliphatic carbocycles. The molecule has 1 aromatic rings. The average Bonchev–Trinajstić information content (AvgIpc) is 3.07. The van der Waals surface area contributed by atoms with E-state index < -0.39 is 0 Å². The van der Waals surface area contributed by atoms with Crippen molar-refractivity contribution in [2.75, 3.05) is 60.0 Å². The van der Waals surface area contributed by atoms with E-state index in [1.165, 1.54) is 18.9 Å². The molecule has 2 heterocycles. The molecule has 32 heavy (non-hydrogen) atoms. The topological polar surface area (TPSA) is 60.4 Å². The van der Waals surface area contributed by atoms with E-state index >= 15 is 0 Å². The van der Waals surface area contributed by atoms with E-state index in [-0.39, 0.29) is 42.3 Å². The second-order valence-corrected chi connectivity index (χ2v) is 8.32. The van der Waals surface area contributed by atoms with Gasteiger partial charge in [0.1, 0.15) is 5.82 Å². The summed E-state index contributed by atoms with van der Waals surface area (Å²) in [6, 6.07) is 5.08. The van der Waals surface area contributed by atoms with E-state index in [1.807, 2.05) is 11.0 Å². The van der Waals surface area contributed by atoms with Crippen molar-refractivity contribution in [3.8, 4) is 0 Å². The maximum absolute atomic E-state index is 13.8. The zero-order chi connectivity index (χ0) is 22.1. The highest BCUT2D eigenvalue weighted by Gasteiger charge is 2.23. The zero-order valence-corrected chi connectivity index (χ0v) is 21.6. The fraction of sp³-hybridized carbons (Fsp3) is 0.652. The van der Waals surface area contributed by atoms with Crippen LogP contribution in [0.4, 0.5) is 4.39 Å². The van der Waals surface area contributed by atoms with E-state index in [0.29, 0.717) is 18.7 Å². The Morgan fingerprint density at radius 3 is 2.38 bits per heavy atom. The molecule has 2 aliphatic heterocycles. The van der Waals surface area contributed by atoms with Crippen molar-refractivity contribution in [3.63, 3.8) is 0 Å².